The van der Waals surface area contributed by atoms with E-state index in [1.807, 2.05) is 17.0 Å². The van der Waals surface area contributed by atoms with Crippen molar-refractivity contribution < 1.29 is 27.4 Å². The van der Waals surface area contributed by atoms with Gasteiger partial charge in [0.2, 0.25) is 0 Å². The van der Waals surface area contributed by atoms with Gasteiger partial charge in [-0.25, -0.2) is 17.2 Å². The van der Waals surface area contributed by atoms with Gasteiger partial charge in [0.25, 0.3) is 5.91 Å². The van der Waals surface area contributed by atoms with Crippen molar-refractivity contribution in [3.63, 3.8) is 0 Å². The first-order valence-corrected chi connectivity index (χ1v) is 13.8. The van der Waals surface area contributed by atoms with Crippen LogP contribution in [0.4, 0.5) is 8.78 Å². The minimum Gasteiger partial charge on any atom is -0.350 e. The minimum atomic E-state index is -3.78. The molecule has 3 aromatic rings. The van der Waals surface area contributed by atoms with Gasteiger partial charge in [0, 0.05) is 36.0 Å². The topological polar surface area (TPSA) is 89.9 Å². The summed E-state index contributed by atoms with van der Waals surface area (Å²) in [5.41, 5.74) is 2.51. The first-order valence-electron chi connectivity index (χ1n) is 11.6. The highest BCUT2D eigenvalue weighted by Gasteiger charge is 2.35. The Morgan fingerprint density at radius 3 is 2.00 bits per heavy atom. The van der Waals surface area contributed by atoms with Crippen LogP contribution in [-0.2, 0) is 15.7 Å². The number of hydrogen-bond donors (Lipinski definition) is 3. The molecule has 0 bridgehead atoms. The van der Waals surface area contributed by atoms with Gasteiger partial charge in [-0.2, -0.15) is 0 Å². The molecule has 1 unspecified atom stereocenters. The fourth-order valence-corrected chi connectivity index (χ4v) is 5.97. The van der Waals surface area contributed by atoms with Crippen molar-refractivity contribution in [1.82, 2.24) is 10.2 Å². The number of halogens is 3. The molecular formula is C27H27ClF2N2O4S. The highest BCUT2D eigenvalue weighted by Crippen LogP contribution is 2.39. The molecule has 1 saturated heterocycles. The highest BCUT2D eigenvalue weighted by molar-refractivity contribution is 8.00. The predicted octanol–water partition coefficient (Wildman–Crippen LogP) is 4.18. The number of nitrogens with one attached hydrogen (secondary N) is 1. The molecular weight excluding hydrogens is 522 g/mol. The van der Waals surface area contributed by atoms with Gasteiger partial charge >= 0.3 is 0 Å². The molecule has 0 aromatic heterocycles. The Balaban J connectivity index is 1.72. The molecule has 1 aliphatic rings. The summed E-state index contributed by atoms with van der Waals surface area (Å²) < 4.78 is 53.1. The second-order valence-electron chi connectivity index (χ2n) is 9.05. The number of aliphatic hydroxyl groups is 2. The van der Waals surface area contributed by atoms with Crippen molar-refractivity contribution >= 4 is 26.3 Å². The lowest BCUT2D eigenvalue weighted by Gasteiger charge is -2.42. The predicted molar refractivity (Wildman–Crippen MR) is 139 cm³/mol. The number of sulfone groups is 1. The van der Waals surface area contributed by atoms with Crippen molar-refractivity contribution in [2.75, 3.05) is 25.9 Å². The molecule has 0 amide bonds. The zero-order valence-electron chi connectivity index (χ0n) is 20.2. The maximum absolute atomic E-state index is 13.9. The third kappa shape index (κ3) is 6.09. The van der Waals surface area contributed by atoms with Crippen molar-refractivity contribution in [1.29, 1.82) is 0 Å². The molecule has 1 aliphatic heterocycles. The van der Waals surface area contributed by atoms with Crippen LogP contribution in [0.1, 0.15) is 35.2 Å². The summed E-state index contributed by atoms with van der Waals surface area (Å²) in [6.07, 6.45) is 1.02. The second-order valence-corrected chi connectivity index (χ2v) is 11.4. The van der Waals surface area contributed by atoms with Gasteiger partial charge in [0.05, 0.1) is 10.9 Å². The van der Waals surface area contributed by atoms with Gasteiger partial charge in [-0.3, -0.25) is 10.2 Å². The lowest BCUT2D eigenvalue weighted by atomic mass is 9.91. The monoisotopic (exact) mass is 548 g/mol. The molecule has 0 aliphatic carbocycles. The Morgan fingerprint density at radius 2 is 1.51 bits per heavy atom. The van der Waals surface area contributed by atoms with Crippen molar-refractivity contribution in [2.24, 2.45) is 0 Å². The standard InChI is InChI=1S/C27H27ClF2N2O4S/c1-3-31-27(33,34)21-8-4-17(5-9-21)25(18-6-10-22(28)11-7-18)32-15-20(16-32)26(37(2,35)36)19-12-23(29)14-24(30)13-19/h4-14,25,31,33-34H,3,15-16H2,1-2H3. The van der Waals surface area contributed by atoms with Gasteiger partial charge in [-0.15, -0.1) is 0 Å². The normalized spacial score (nSPS) is 15.4. The van der Waals surface area contributed by atoms with Crippen LogP contribution in [0.25, 0.3) is 4.91 Å². The number of benzene rings is 3. The van der Waals surface area contributed by atoms with Crippen LogP contribution >= 0.6 is 11.6 Å². The Hall–Kier alpha value is -2.66. The third-order valence-corrected chi connectivity index (χ3v) is 7.73. The van der Waals surface area contributed by atoms with Gasteiger partial charge in [0.1, 0.15) is 11.6 Å². The number of likely N-dealkylation sites (tertiary alicyclic amines) is 1. The third-order valence-electron chi connectivity index (χ3n) is 6.21. The summed E-state index contributed by atoms with van der Waals surface area (Å²) in [6, 6.07) is 16.4. The number of nitrogens with zero attached hydrogens (tertiary/aromatic N) is 1. The van der Waals surface area contributed by atoms with Crippen LogP contribution < -0.4 is 5.32 Å². The van der Waals surface area contributed by atoms with Gasteiger partial charge in [-0.1, -0.05) is 54.9 Å². The molecule has 3 N–H and O–H groups in total. The molecule has 10 heteroatoms. The van der Waals surface area contributed by atoms with Crippen molar-refractivity contribution in [3.05, 3.63) is 111 Å². The maximum atomic E-state index is 13.9. The SMILES string of the molecule is CCNC(O)(O)c1ccc(C(c2ccc(Cl)cc2)N2CC(=C(c3cc(F)cc(F)c3)S(C)(=O)=O)C2)cc1. The first-order chi connectivity index (χ1) is 17.4. The van der Waals surface area contributed by atoms with Crippen LogP contribution in [0.5, 0.6) is 0 Å². The maximum Gasteiger partial charge on any atom is 0.250 e. The van der Waals surface area contributed by atoms with Crippen LogP contribution in [-0.4, -0.2) is 49.4 Å². The van der Waals surface area contributed by atoms with E-state index in [2.05, 4.69) is 5.32 Å². The highest BCUT2D eigenvalue weighted by atomic mass is 35.5. The molecule has 3 aromatic carbocycles. The van der Waals surface area contributed by atoms with Crippen molar-refractivity contribution in [2.45, 2.75) is 18.9 Å². The molecule has 196 valence electrons. The van der Waals surface area contributed by atoms with Crippen LogP contribution in [0, 0.1) is 11.6 Å². The van der Waals surface area contributed by atoms with Gasteiger partial charge < -0.3 is 10.2 Å². The Bertz CT molecular complexity index is 1400. The quantitative estimate of drug-likeness (QED) is 0.366. The van der Waals surface area contributed by atoms with E-state index in [0.717, 1.165) is 29.5 Å². The summed E-state index contributed by atoms with van der Waals surface area (Å²) in [6.45, 7) is 2.60. The lowest BCUT2D eigenvalue weighted by molar-refractivity contribution is -0.193. The van der Waals surface area contributed by atoms with E-state index in [0.29, 0.717) is 23.2 Å². The molecule has 6 nitrogen and oxygen atoms in total. The van der Waals surface area contributed by atoms with E-state index >= 15 is 0 Å². The summed E-state index contributed by atoms with van der Waals surface area (Å²) in [5.74, 6) is -3.89. The van der Waals surface area contributed by atoms with E-state index in [1.165, 1.54) is 0 Å². The molecule has 37 heavy (non-hydrogen) atoms. The molecule has 1 fully saturated rings. The van der Waals surface area contributed by atoms with Crippen molar-refractivity contribution in [3.8, 4) is 0 Å². The zero-order chi connectivity index (χ0) is 27.0. The average molecular weight is 549 g/mol. The number of rotatable bonds is 8. The summed E-state index contributed by atoms with van der Waals surface area (Å²) in [7, 11) is -3.78. The fraction of sp³-hybridized carbons (Fsp3) is 0.259. The van der Waals surface area contributed by atoms with E-state index in [1.54, 1.807) is 43.3 Å². The molecule has 1 atom stereocenters. The Labute approximate surface area is 219 Å². The molecule has 0 radical (unpaired) electrons. The van der Waals surface area contributed by atoms with E-state index < -0.39 is 27.4 Å². The summed E-state index contributed by atoms with van der Waals surface area (Å²) >= 11 is 6.09. The summed E-state index contributed by atoms with van der Waals surface area (Å²) in [5, 5.41) is 23.7. The smallest absolute Gasteiger partial charge is 0.250 e. The van der Waals surface area contributed by atoms with Crippen LogP contribution in [0.15, 0.2) is 72.3 Å². The Kier molecular flexibility index (Phi) is 7.85. The first kappa shape index (κ1) is 27.4. The van der Waals surface area contributed by atoms with Crippen LogP contribution in [0.3, 0.4) is 0 Å². The van der Waals surface area contributed by atoms with Gasteiger partial charge in [-0.05, 0) is 53.1 Å². The van der Waals surface area contributed by atoms with Gasteiger partial charge in [0.15, 0.2) is 9.84 Å². The fourth-order valence-electron chi connectivity index (χ4n) is 4.64. The molecule has 1 heterocycles. The Morgan fingerprint density at radius 1 is 1.00 bits per heavy atom. The second kappa shape index (κ2) is 10.6. The molecule has 0 spiro atoms. The number of hydrogen-bond acceptors (Lipinski definition) is 6. The minimum absolute atomic E-state index is 0.0206. The zero-order valence-corrected chi connectivity index (χ0v) is 21.8. The molecule has 4 rings (SSSR count). The summed E-state index contributed by atoms with van der Waals surface area (Å²) in [4.78, 5) is 1.94. The average Bonchev–Trinajstić information content (AvgIpc) is 2.77. The largest absolute Gasteiger partial charge is 0.350 e. The molecule has 0 saturated carbocycles. The van der Waals surface area contributed by atoms with E-state index in [-0.39, 0.29) is 35.2 Å². The lowest BCUT2D eigenvalue weighted by Crippen LogP contribution is -2.44. The van der Waals surface area contributed by atoms with E-state index in [9.17, 15) is 27.4 Å². The van der Waals surface area contributed by atoms with E-state index in [4.69, 9.17) is 11.6 Å². The van der Waals surface area contributed by atoms with Crippen LogP contribution in [0.2, 0.25) is 5.02 Å².